The van der Waals surface area contributed by atoms with Gasteiger partial charge in [-0.15, -0.1) is 0 Å². The van der Waals surface area contributed by atoms with Gasteiger partial charge in [-0.1, -0.05) is 24.3 Å². The average Bonchev–Trinajstić information content (AvgIpc) is 2.58. The fourth-order valence-corrected chi connectivity index (χ4v) is 3.12. The zero-order valence-corrected chi connectivity index (χ0v) is 16.8. The van der Waals surface area contributed by atoms with Gasteiger partial charge in [0.1, 0.15) is 5.60 Å². The van der Waals surface area contributed by atoms with E-state index in [1.807, 2.05) is 0 Å². The van der Waals surface area contributed by atoms with E-state index < -0.39 is 31.9 Å². The molecule has 0 spiro atoms. The van der Waals surface area contributed by atoms with Crippen LogP contribution in [0.3, 0.4) is 0 Å². The van der Waals surface area contributed by atoms with Crippen LogP contribution in [0.2, 0.25) is 0 Å². The molecule has 6 nitrogen and oxygen atoms in total. The van der Waals surface area contributed by atoms with Gasteiger partial charge in [0.05, 0.1) is 4.90 Å². The fraction of sp³-hybridized carbons (Fsp3) is 0.316. The van der Waals surface area contributed by atoms with Gasteiger partial charge in [-0.2, -0.15) is 13.2 Å². The summed E-state index contributed by atoms with van der Waals surface area (Å²) < 4.78 is 66.5. The largest absolute Gasteiger partial charge is 0.501 e. The molecule has 158 valence electrons. The van der Waals surface area contributed by atoms with E-state index in [4.69, 9.17) is 4.74 Å². The predicted molar refractivity (Wildman–Crippen MR) is 103 cm³/mol. The number of hydrogen-bond donors (Lipinski definition) is 2. The highest BCUT2D eigenvalue weighted by atomic mass is 32.2. The second kappa shape index (κ2) is 8.32. The number of halogens is 3. The molecule has 0 heterocycles. The van der Waals surface area contributed by atoms with Crippen LogP contribution in [0.1, 0.15) is 26.3 Å². The van der Waals surface area contributed by atoms with Crippen molar-refractivity contribution in [1.29, 1.82) is 0 Å². The van der Waals surface area contributed by atoms with E-state index >= 15 is 0 Å². The van der Waals surface area contributed by atoms with E-state index in [2.05, 4.69) is 10.6 Å². The minimum atomic E-state index is -5.44. The van der Waals surface area contributed by atoms with Crippen molar-refractivity contribution in [1.82, 2.24) is 0 Å². The van der Waals surface area contributed by atoms with Gasteiger partial charge >= 0.3 is 11.6 Å². The molecule has 0 aromatic heterocycles. The van der Waals surface area contributed by atoms with Crippen LogP contribution in [0.4, 0.5) is 29.3 Å². The molecule has 0 saturated carbocycles. The zero-order valence-electron chi connectivity index (χ0n) is 16.0. The highest BCUT2D eigenvalue weighted by molar-refractivity contribution is 7.92. The number of carbonyl (C=O) groups excluding carboxylic acids is 1. The molecule has 0 fully saturated rings. The fourth-order valence-electron chi connectivity index (χ4n) is 2.31. The zero-order chi connectivity index (χ0) is 21.9. The minimum Gasteiger partial charge on any atom is -0.444 e. The van der Waals surface area contributed by atoms with Crippen molar-refractivity contribution in [2.75, 3.05) is 10.6 Å². The third-order valence-corrected chi connectivity index (χ3v) is 5.07. The second-order valence-corrected chi connectivity index (χ2v) is 9.06. The highest BCUT2D eigenvalue weighted by Crippen LogP contribution is 2.31. The van der Waals surface area contributed by atoms with Gasteiger partial charge in [-0.3, -0.25) is 5.32 Å². The Balaban J connectivity index is 2.16. The van der Waals surface area contributed by atoms with E-state index in [0.717, 1.165) is 12.1 Å². The lowest BCUT2D eigenvalue weighted by Crippen LogP contribution is -2.27. The summed E-state index contributed by atoms with van der Waals surface area (Å²) in [6.07, 6.45) is -0.650. The lowest BCUT2D eigenvalue weighted by Gasteiger charge is -2.20. The number of sulfone groups is 1. The number of benzene rings is 2. The molecular weight excluding hydrogens is 409 g/mol. The lowest BCUT2D eigenvalue weighted by molar-refractivity contribution is -0.0436. The Bertz CT molecular complexity index is 983. The Morgan fingerprint density at radius 3 is 2.31 bits per heavy atom. The number of ether oxygens (including phenoxy) is 1. The van der Waals surface area contributed by atoms with Gasteiger partial charge < -0.3 is 10.1 Å². The molecule has 0 bridgehead atoms. The van der Waals surface area contributed by atoms with Gasteiger partial charge in [-0.25, -0.2) is 13.2 Å². The summed E-state index contributed by atoms with van der Waals surface area (Å²) in [5.41, 5.74) is -4.80. The van der Waals surface area contributed by atoms with Crippen molar-refractivity contribution in [2.45, 2.75) is 43.3 Å². The molecule has 0 radical (unpaired) electrons. The topological polar surface area (TPSA) is 84.5 Å². The summed E-state index contributed by atoms with van der Waals surface area (Å²) in [5, 5.41) is 5.48. The number of rotatable bonds is 5. The first-order chi connectivity index (χ1) is 13.3. The average molecular weight is 430 g/mol. The molecule has 29 heavy (non-hydrogen) atoms. The Morgan fingerprint density at radius 1 is 1.03 bits per heavy atom. The van der Waals surface area contributed by atoms with Crippen LogP contribution in [-0.2, 0) is 21.1 Å². The first kappa shape index (κ1) is 22.5. The predicted octanol–water partition coefficient (Wildman–Crippen LogP) is 4.94. The van der Waals surface area contributed by atoms with Crippen LogP contribution in [0.5, 0.6) is 0 Å². The van der Waals surface area contributed by atoms with E-state index in [1.165, 1.54) is 12.1 Å². The van der Waals surface area contributed by atoms with E-state index in [1.54, 1.807) is 45.0 Å². The van der Waals surface area contributed by atoms with Crippen molar-refractivity contribution >= 4 is 27.3 Å². The van der Waals surface area contributed by atoms with Crippen molar-refractivity contribution in [3.05, 3.63) is 54.1 Å². The van der Waals surface area contributed by atoms with Crippen LogP contribution in [0.25, 0.3) is 0 Å². The summed E-state index contributed by atoms with van der Waals surface area (Å²) in [7, 11) is -5.44. The number of alkyl halides is 3. The SMILES string of the molecule is CC(C)(C)OC(=O)Nc1ccccc1CNc1cccc(S(=O)(=O)C(F)(F)F)c1. The monoisotopic (exact) mass is 430 g/mol. The maximum Gasteiger partial charge on any atom is 0.501 e. The van der Waals surface area contributed by atoms with Crippen LogP contribution in [-0.4, -0.2) is 25.6 Å². The number of nitrogens with one attached hydrogen (secondary N) is 2. The number of para-hydroxylation sites is 1. The highest BCUT2D eigenvalue weighted by Gasteiger charge is 2.46. The Hall–Kier alpha value is -2.75. The molecule has 0 saturated heterocycles. The molecule has 1 amide bonds. The minimum absolute atomic E-state index is 0.126. The smallest absolute Gasteiger partial charge is 0.444 e. The van der Waals surface area contributed by atoms with Crippen molar-refractivity contribution in [3.63, 3.8) is 0 Å². The molecule has 2 rings (SSSR count). The molecule has 0 aliphatic rings. The normalized spacial score (nSPS) is 12.3. The summed E-state index contributed by atoms with van der Waals surface area (Å²) in [4.78, 5) is 11.1. The second-order valence-electron chi connectivity index (χ2n) is 7.11. The molecule has 2 aromatic rings. The first-order valence-electron chi connectivity index (χ1n) is 8.53. The maximum atomic E-state index is 12.7. The van der Waals surface area contributed by atoms with Crippen LogP contribution < -0.4 is 10.6 Å². The Morgan fingerprint density at radius 2 is 1.69 bits per heavy atom. The van der Waals surface area contributed by atoms with Gasteiger partial charge in [0, 0.05) is 17.9 Å². The Kier molecular flexibility index (Phi) is 6.46. The van der Waals surface area contributed by atoms with Crippen molar-refractivity contribution in [3.8, 4) is 0 Å². The molecule has 2 N–H and O–H groups in total. The van der Waals surface area contributed by atoms with E-state index in [0.29, 0.717) is 11.3 Å². The molecule has 10 heteroatoms. The molecule has 0 atom stereocenters. The molecular formula is C19H21F3N2O4S. The summed E-state index contributed by atoms with van der Waals surface area (Å²) in [6, 6.07) is 11.2. The standard InChI is InChI=1S/C19H21F3N2O4S/c1-18(2,3)28-17(25)24-16-10-5-4-7-13(16)12-23-14-8-6-9-15(11-14)29(26,27)19(20,21)22/h4-11,23H,12H2,1-3H3,(H,24,25). The quantitative estimate of drug-likeness (QED) is 0.702. The number of hydrogen-bond acceptors (Lipinski definition) is 5. The van der Waals surface area contributed by atoms with Crippen LogP contribution in [0, 0.1) is 0 Å². The van der Waals surface area contributed by atoms with Crippen molar-refractivity contribution < 1.29 is 31.1 Å². The van der Waals surface area contributed by atoms with Gasteiger partial charge in [0.2, 0.25) is 0 Å². The summed E-state index contributed by atoms with van der Waals surface area (Å²) >= 11 is 0. The van der Waals surface area contributed by atoms with Gasteiger partial charge in [0.15, 0.2) is 0 Å². The van der Waals surface area contributed by atoms with Crippen LogP contribution in [0.15, 0.2) is 53.4 Å². The molecule has 0 unspecified atom stereocenters. The number of amides is 1. The third-order valence-electron chi connectivity index (χ3n) is 3.58. The van der Waals surface area contributed by atoms with Crippen molar-refractivity contribution in [2.24, 2.45) is 0 Å². The van der Waals surface area contributed by atoms with E-state index in [9.17, 15) is 26.4 Å². The van der Waals surface area contributed by atoms with Gasteiger partial charge in [-0.05, 0) is 50.6 Å². The summed E-state index contributed by atoms with van der Waals surface area (Å²) in [6.45, 7) is 5.30. The number of anilines is 2. The molecule has 0 aliphatic heterocycles. The van der Waals surface area contributed by atoms with Gasteiger partial charge in [0.25, 0.3) is 9.84 Å². The Labute approximate surface area is 167 Å². The summed E-state index contributed by atoms with van der Waals surface area (Å²) in [5.74, 6) is 0. The molecule has 2 aromatic carbocycles. The third kappa shape index (κ3) is 6.11. The first-order valence-corrected chi connectivity index (χ1v) is 10.0. The van der Waals surface area contributed by atoms with Crippen LogP contribution >= 0.6 is 0 Å². The lowest BCUT2D eigenvalue weighted by atomic mass is 10.1. The van der Waals surface area contributed by atoms with E-state index in [-0.39, 0.29) is 12.2 Å². The molecule has 0 aliphatic carbocycles. The number of carbonyl (C=O) groups is 1. The maximum absolute atomic E-state index is 12.7.